The number of hydrogen-bond acceptors (Lipinski definition) is 3. The fourth-order valence-electron chi connectivity index (χ4n) is 2.27. The van der Waals surface area contributed by atoms with Crippen molar-refractivity contribution in [2.24, 2.45) is 0 Å². The molecule has 0 spiro atoms. The predicted octanol–water partition coefficient (Wildman–Crippen LogP) is 0.174. The van der Waals surface area contributed by atoms with Gasteiger partial charge in [-0.05, 0) is 25.7 Å². The Kier molecular flexibility index (Phi) is 5.38. The zero-order valence-corrected chi connectivity index (χ0v) is 11.8. The van der Waals surface area contributed by atoms with E-state index in [4.69, 9.17) is 0 Å². The van der Waals surface area contributed by atoms with Crippen molar-refractivity contribution in [2.45, 2.75) is 51.0 Å². The molecule has 0 radical (unpaired) electrons. The molecule has 0 aromatic rings. The zero-order chi connectivity index (χ0) is 14.4. The van der Waals surface area contributed by atoms with Gasteiger partial charge in [-0.1, -0.05) is 0 Å². The average molecular weight is 281 g/mol. The number of likely N-dealkylation sites (tertiary alicyclic amines) is 1. The lowest BCUT2D eigenvalue weighted by molar-refractivity contribution is -0.133. The molecule has 0 aromatic carbocycles. The van der Waals surface area contributed by atoms with E-state index in [1.165, 1.54) is 0 Å². The van der Waals surface area contributed by atoms with Crippen LogP contribution in [0.25, 0.3) is 0 Å². The molecule has 0 atom stereocenters. The molecule has 0 aromatic heterocycles. The number of carbonyl (C=O) groups excluding carboxylic acids is 3. The minimum absolute atomic E-state index is 0.0474. The summed E-state index contributed by atoms with van der Waals surface area (Å²) in [7, 11) is 0. The SMILES string of the molecule is O=C(CCC(=O)NC1CC1)NCCN1CCCCC1=O. The van der Waals surface area contributed by atoms with E-state index in [0.29, 0.717) is 25.6 Å². The van der Waals surface area contributed by atoms with Gasteiger partial charge in [-0.2, -0.15) is 0 Å². The van der Waals surface area contributed by atoms with Crippen LogP contribution in [-0.2, 0) is 14.4 Å². The summed E-state index contributed by atoms with van der Waals surface area (Å²) in [5, 5.41) is 5.61. The number of carbonyl (C=O) groups is 3. The van der Waals surface area contributed by atoms with Gasteiger partial charge in [0.15, 0.2) is 0 Å². The fraction of sp³-hybridized carbons (Fsp3) is 0.786. The van der Waals surface area contributed by atoms with Crippen molar-refractivity contribution in [3.05, 3.63) is 0 Å². The Hall–Kier alpha value is -1.59. The maximum absolute atomic E-state index is 11.6. The summed E-state index contributed by atoms with van der Waals surface area (Å²) in [6.07, 6.45) is 5.20. The third-order valence-corrected chi connectivity index (χ3v) is 3.65. The lowest BCUT2D eigenvalue weighted by Crippen LogP contribution is -2.41. The maximum atomic E-state index is 11.6. The molecule has 6 heteroatoms. The minimum atomic E-state index is -0.125. The Labute approximate surface area is 119 Å². The van der Waals surface area contributed by atoms with Gasteiger partial charge in [-0.25, -0.2) is 0 Å². The van der Waals surface area contributed by atoms with Crippen LogP contribution >= 0.6 is 0 Å². The summed E-state index contributed by atoms with van der Waals surface area (Å²) >= 11 is 0. The summed E-state index contributed by atoms with van der Waals surface area (Å²) in [5.74, 6) is 0.00331. The van der Waals surface area contributed by atoms with Gasteiger partial charge in [-0.3, -0.25) is 14.4 Å². The molecule has 6 nitrogen and oxygen atoms in total. The normalized spacial score (nSPS) is 18.8. The number of amides is 3. The van der Waals surface area contributed by atoms with Crippen molar-refractivity contribution >= 4 is 17.7 Å². The monoisotopic (exact) mass is 281 g/mol. The van der Waals surface area contributed by atoms with E-state index >= 15 is 0 Å². The Morgan fingerprint density at radius 2 is 1.90 bits per heavy atom. The van der Waals surface area contributed by atoms with Crippen LogP contribution in [0.2, 0.25) is 0 Å². The van der Waals surface area contributed by atoms with Gasteiger partial charge >= 0.3 is 0 Å². The molecule has 20 heavy (non-hydrogen) atoms. The Morgan fingerprint density at radius 1 is 1.15 bits per heavy atom. The van der Waals surface area contributed by atoms with Crippen LogP contribution < -0.4 is 10.6 Å². The van der Waals surface area contributed by atoms with E-state index in [9.17, 15) is 14.4 Å². The van der Waals surface area contributed by atoms with Gasteiger partial charge < -0.3 is 15.5 Å². The third-order valence-electron chi connectivity index (χ3n) is 3.65. The standard InChI is InChI=1S/C14H23N3O3/c18-12(6-7-13(19)16-11-4-5-11)15-8-10-17-9-2-1-3-14(17)20/h11H,1-10H2,(H,15,18)(H,16,19). The van der Waals surface area contributed by atoms with Crippen molar-refractivity contribution < 1.29 is 14.4 Å². The van der Waals surface area contributed by atoms with E-state index in [2.05, 4.69) is 10.6 Å². The second-order valence-electron chi connectivity index (χ2n) is 5.53. The molecule has 2 N–H and O–H groups in total. The number of nitrogens with zero attached hydrogens (tertiary/aromatic N) is 1. The van der Waals surface area contributed by atoms with Gasteiger partial charge in [-0.15, -0.1) is 0 Å². The largest absolute Gasteiger partial charge is 0.354 e. The molecule has 1 aliphatic carbocycles. The molecule has 0 bridgehead atoms. The van der Waals surface area contributed by atoms with Gasteiger partial charge in [0.25, 0.3) is 0 Å². The highest BCUT2D eigenvalue weighted by molar-refractivity contribution is 5.84. The van der Waals surface area contributed by atoms with Crippen LogP contribution in [0.3, 0.4) is 0 Å². The highest BCUT2D eigenvalue weighted by Gasteiger charge is 2.23. The Morgan fingerprint density at radius 3 is 2.60 bits per heavy atom. The molecule has 0 unspecified atom stereocenters. The molecule has 112 valence electrons. The summed E-state index contributed by atoms with van der Waals surface area (Å²) in [6, 6.07) is 0.343. The summed E-state index contributed by atoms with van der Waals surface area (Å²) in [4.78, 5) is 36.3. The van der Waals surface area contributed by atoms with Crippen LogP contribution in [0.4, 0.5) is 0 Å². The molecule has 2 rings (SSSR count). The van der Waals surface area contributed by atoms with Crippen molar-refractivity contribution in [1.82, 2.24) is 15.5 Å². The summed E-state index contributed by atoms with van der Waals surface area (Å²) in [5.41, 5.74) is 0. The second kappa shape index (κ2) is 7.26. The first-order chi connectivity index (χ1) is 9.65. The Bertz CT molecular complexity index is 380. The number of rotatable bonds is 7. The minimum Gasteiger partial charge on any atom is -0.354 e. The van der Waals surface area contributed by atoms with Crippen molar-refractivity contribution in [1.29, 1.82) is 0 Å². The first-order valence-corrected chi connectivity index (χ1v) is 7.49. The number of hydrogen-bond donors (Lipinski definition) is 2. The van der Waals surface area contributed by atoms with Crippen molar-refractivity contribution in [2.75, 3.05) is 19.6 Å². The molecule has 2 aliphatic rings. The summed E-state index contributed by atoms with van der Waals surface area (Å²) in [6.45, 7) is 1.83. The van der Waals surface area contributed by atoms with Gasteiger partial charge in [0.05, 0.1) is 0 Å². The number of nitrogens with one attached hydrogen (secondary N) is 2. The van der Waals surface area contributed by atoms with E-state index in [1.807, 2.05) is 0 Å². The fourth-order valence-corrected chi connectivity index (χ4v) is 2.27. The molecule has 1 aliphatic heterocycles. The third kappa shape index (κ3) is 5.19. The molecular formula is C14H23N3O3. The summed E-state index contributed by atoms with van der Waals surface area (Å²) < 4.78 is 0. The zero-order valence-electron chi connectivity index (χ0n) is 11.8. The van der Waals surface area contributed by atoms with E-state index in [-0.39, 0.29) is 30.6 Å². The first kappa shape index (κ1) is 14.8. The van der Waals surface area contributed by atoms with Gasteiger partial charge in [0.2, 0.25) is 17.7 Å². The molecule has 3 amide bonds. The highest BCUT2D eigenvalue weighted by atomic mass is 16.2. The van der Waals surface area contributed by atoms with Crippen molar-refractivity contribution in [3.8, 4) is 0 Å². The topological polar surface area (TPSA) is 78.5 Å². The molecule has 1 saturated heterocycles. The lowest BCUT2D eigenvalue weighted by atomic mass is 10.1. The smallest absolute Gasteiger partial charge is 0.222 e. The molecule has 2 fully saturated rings. The van der Waals surface area contributed by atoms with Gasteiger partial charge in [0.1, 0.15) is 0 Å². The molecule has 1 heterocycles. The average Bonchev–Trinajstić information content (AvgIpc) is 3.22. The van der Waals surface area contributed by atoms with Crippen LogP contribution in [0.1, 0.15) is 44.9 Å². The number of piperidine rings is 1. The molecular weight excluding hydrogens is 258 g/mol. The van der Waals surface area contributed by atoms with E-state index < -0.39 is 0 Å². The van der Waals surface area contributed by atoms with Crippen molar-refractivity contribution in [3.63, 3.8) is 0 Å². The van der Waals surface area contributed by atoms with E-state index in [0.717, 1.165) is 32.2 Å². The van der Waals surface area contributed by atoms with E-state index in [1.54, 1.807) is 4.90 Å². The highest BCUT2D eigenvalue weighted by Crippen LogP contribution is 2.18. The Balaban J connectivity index is 1.52. The first-order valence-electron chi connectivity index (χ1n) is 7.49. The van der Waals surface area contributed by atoms with Crippen LogP contribution in [-0.4, -0.2) is 48.3 Å². The van der Waals surface area contributed by atoms with Crippen LogP contribution in [0.5, 0.6) is 0 Å². The van der Waals surface area contributed by atoms with Crippen LogP contribution in [0, 0.1) is 0 Å². The quantitative estimate of drug-likeness (QED) is 0.698. The maximum Gasteiger partial charge on any atom is 0.222 e. The second-order valence-corrected chi connectivity index (χ2v) is 5.53. The van der Waals surface area contributed by atoms with Crippen LogP contribution in [0.15, 0.2) is 0 Å². The lowest BCUT2D eigenvalue weighted by Gasteiger charge is -2.26. The van der Waals surface area contributed by atoms with Gasteiger partial charge in [0, 0.05) is 44.9 Å². The molecule has 1 saturated carbocycles. The predicted molar refractivity (Wildman–Crippen MR) is 73.8 cm³/mol.